The zero-order valence-corrected chi connectivity index (χ0v) is 13.8. The van der Waals surface area contributed by atoms with Gasteiger partial charge >= 0.3 is 12.3 Å². The molecule has 11 heteroatoms. The number of anilines is 2. The highest BCUT2D eigenvalue weighted by Crippen LogP contribution is 2.35. The molecule has 3 aromatic heterocycles. The molecule has 0 aromatic carbocycles. The smallest absolute Gasteiger partial charge is 0.419 e. The van der Waals surface area contributed by atoms with E-state index in [-0.39, 0.29) is 11.4 Å². The number of hydrogen-bond acceptors (Lipinski definition) is 4. The van der Waals surface area contributed by atoms with E-state index in [1.165, 1.54) is 22.9 Å². The van der Waals surface area contributed by atoms with Gasteiger partial charge in [-0.25, -0.2) is 14.8 Å². The fourth-order valence-corrected chi connectivity index (χ4v) is 2.70. The van der Waals surface area contributed by atoms with Crippen LogP contribution in [0.5, 0.6) is 0 Å². The largest absolute Gasteiger partial charge is 0.465 e. The number of halogens is 4. The van der Waals surface area contributed by atoms with Crippen molar-refractivity contribution in [2.75, 3.05) is 11.1 Å². The summed E-state index contributed by atoms with van der Waals surface area (Å²) in [7, 11) is 0. The number of nitrogens with two attached hydrogens (primary N) is 1. The Labute approximate surface area is 146 Å². The average molecular weight is 416 g/mol. The quantitative estimate of drug-likeness (QED) is 0.589. The molecule has 1 amide bonds. The van der Waals surface area contributed by atoms with E-state index in [9.17, 15) is 18.0 Å². The second kappa shape index (κ2) is 5.92. The van der Waals surface area contributed by atoms with Crippen LogP contribution in [0.4, 0.5) is 29.6 Å². The molecule has 0 spiro atoms. The van der Waals surface area contributed by atoms with Crippen LogP contribution in [0.1, 0.15) is 5.56 Å². The highest BCUT2D eigenvalue weighted by atomic mass is 79.9. The summed E-state index contributed by atoms with van der Waals surface area (Å²) in [5.41, 5.74) is 5.30. The maximum atomic E-state index is 13.0. The first-order valence-corrected chi connectivity index (χ1v) is 7.47. The predicted octanol–water partition coefficient (Wildman–Crippen LogP) is 3.85. The number of fused-ring (bicyclic) bond motifs is 1. The van der Waals surface area contributed by atoms with Gasteiger partial charge in [-0.2, -0.15) is 13.2 Å². The number of hydrogen-bond donors (Lipinski definition) is 3. The van der Waals surface area contributed by atoms with E-state index in [0.717, 1.165) is 6.07 Å². The van der Waals surface area contributed by atoms with Crippen molar-refractivity contribution in [3.05, 3.63) is 40.8 Å². The summed E-state index contributed by atoms with van der Waals surface area (Å²) in [4.78, 5) is 18.4. The molecule has 0 saturated heterocycles. The molecule has 0 radical (unpaired) electrons. The van der Waals surface area contributed by atoms with Crippen LogP contribution in [0.3, 0.4) is 0 Å². The average Bonchev–Trinajstić information content (AvgIpc) is 2.82. The van der Waals surface area contributed by atoms with Gasteiger partial charge in [-0.05, 0) is 34.1 Å². The summed E-state index contributed by atoms with van der Waals surface area (Å²) in [6, 6.07) is 3.99. The van der Waals surface area contributed by atoms with Crippen molar-refractivity contribution in [1.29, 1.82) is 0 Å². The van der Waals surface area contributed by atoms with Gasteiger partial charge in [0, 0.05) is 23.5 Å². The second-order valence-electron chi connectivity index (χ2n) is 4.98. The van der Waals surface area contributed by atoms with Gasteiger partial charge in [0.1, 0.15) is 16.1 Å². The Bertz CT molecular complexity index is 986. The first-order chi connectivity index (χ1) is 11.7. The van der Waals surface area contributed by atoms with Gasteiger partial charge in [0.15, 0.2) is 5.82 Å². The van der Waals surface area contributed by atoms with Gasteiger partial charge < -0.3 is 10.8 Å². The highest BCUT2D eigenvalue weighted by molar-refractivity contribution is 9.10. The summed E-state index contributed by atoms with van der Waals surface area (Å²) in [6.45, 7) is 0. The third-order valence-corrected chi connectivity index (χ3v) is 4.10. The molecular formula is C14H9BrF3N5O2. The lowest BCUT2D eigenvalue weighted by atomic mass is 10.1. The Morgan fingerprint density at radius 1 is 1.32 bits per heavy atom. The fourth-order valence-electron chi connectivity index (χ4n) is 2.23. The summed E-state index contributed by atoms with van der Waals surface area (Å²) < 4.78 is 40.7. The molecule has 0 fully saturated rings. The van der Waals surface area contributed by atoms with Crippen molar-refractivity contribution < 1.29 is 23.1 Å². The molecule has 0 unspecified atom stereocenters. The van der Waals surface area contributed by atoms with E-state index in [1.54, 1.807) is 6.07 Å². The molecule has 3 rings (SSSR count). The van der Waals surface area contributed by atoms with Gasteiger partial charge in [-0.1, -0.05) is 0 Å². The third-order valence-electron chi connectivity index (χ3n) is 3.34. The monoisotopic (exact) mass is 415 g/mol. The van der Waals surface area contributed by atoms with Gasteiger partial charge in [0.05, 0.1) is 5.56 Å². The van der Waals surface area contributed by atoms with E-state index in [2.05, 4.69) is 31.2 Å². The number of carboxylic acid groups (broad SMARTS) is 1. The molecule has 0 aliphatic heterocycles. The van der Waals surface area contributed by atoms with Crippen molar-refractivity contribution >= 4 is 39.3 Å². The van der Waals surface area contributed by atoms with Crippen LogP contribution < -0.4 is 11.1 Å². The normalized spacial score (nSPS) is 11.7. The number of alkyl halides is 3. The fraction of sp³-hybridized carbons (Fsp3) is 0.0714. The molecule has 3 heterocycles. The van der Waals surface area contributed by atoms with Crippen molar-refractivity contribution in [3.63, 3.8) is 0 Å². The molecule has 0 saturated carbocycles. The highest BCUT2D eigenvalue weighted by Gasteiger charge is 2.34. The van der Waals surface area contributed by atoms with E-state index in [4.69, 9.17) is 10.8 Å². The van der Waals surface area contributed by atoms with Crippen molar-refractivity contribution in [1.82, 2.24) is 14.4 Å². The molecule has 7 nitrogen and oxygen atoms in total. The van der Waals surface area contributed by atoms with E-state index >= 15 is 0 Å². The minimum atomic E-state index is -4.62. The van der Waals surface area contributed by atoms with Gasteiger partial charge in [0.2, 0.25) is 0 Å². The van der Waals surface area contributed by atoms with Gasteiger partial charge in [-0.15, -0.1) is 0 Å². The van der Waals surface area contributed by atoms with Crippen LogP contribution in [0, 0.1) is 0 Å². The first-order valence-electron chi connectivity index (χ1n) is 6.67. The third kappa shape index (κ3) is 3.22. The van der Waals surface area contributed by atoms with Gasteiger partial charge in [0.25, 0.3) is 0 Å². The maximum Gasteiger partial charge on any atom is 0.419 e. The zero-order chi connectivity index (χ0) is 18.4. The SMILES string of the molecule is Nc1ncc(-c2ccc3nc(NC(=O)O)c(Br)n3c2)cc1C(F)(F)F. The number of aromatic nitrogens is 3. The summed E-state index contributed by atoms with van der Waals surface area (Å²) in [6.07, 6.45) is -3.17. The molecule has 130 valence electrons. The molecule has 4 N–H and O–H groups in total. The van der Waals surface area contributed by atoms with Crippen LogP contribution >= 0.6 is 15.9 Å². The number of carbonyl (C=O) groups is 1. The van der Waals surface area contributed by atoms with Crippen molar-refractivity contribution in [2.45, 2.75) is 6.18 Å². The number of nitrogens with one attached hydrogen (secondary N) is 1. The minimum absolute atomic E-state index is 0.0658. The summed E-state index contributed by atoms with van der Waals surface area (Å²) in [5.74, 6) is -0.537. The lowest BCUT2D eigenvalue weighted by Gasteiger charge is -2.11. The number of rotatable bonds is 2. The molecule has 0 aliphatic rings. The summed E-state index contributed by atoms with van der Waals surface area (Å²) in [5, 5.41) is 10.9. The van der Waals surface area contributed by atoms with E-state index < -0.39 is 23.7 Å². The number of pyridine rings is 2. The standard InChI is InChI=1S/C14H9BrF3N5O2/c15-10-12(22-13(24)25)21-9-2-1-6(5-23(9)10)7-3-8(14(16,17)18)11(19)20-4-7/h1-5,22H,(H2,19,20)(H,24,25). The van der Waals surface area contributed by atoms with Crippen LogP contribution in [-0.4, -0.2) is 25.6 Å². The van der Waals surface area contributed by atoms with Crippen LogP contribution in [-0.2, 0) is 6.18 Å². The molecule has 25 heavy (non-hydrogen) atoms. The van der Waals surface area contributed by atoms with Crippen molar-refractivity contribution in [3.8, 4) is 11.1 Å². The van der Waals surface area contributed by atoms with E-state index in [0.29, 0.717) is 15.8 Å². The topological polar surface area (TPSA) is 106 Å². The Hall–Kier alpha value is -2.82. The molecular weight excluding hydrogens is 407 g/mol. The molecule has 3 aromatic rings. The molecule has 0 atom stereocenters. The van der Waals surface area contributed by atoms with E-state index in [1.807, 2.05) is 0 Å². The lowest BCUT2D eigenvalue weighted by molar-refractivity contribution is -0.137. The van der Waals surface area contributed by atoms with Crippen LogP contribution in [0.25, 0.3) is 16.8 Å². The number of nitrogens with zero attached hydrogens (tertiary/aromatic N) is 3. The number of amides is 1. The van der Waals surface area contributed by atoms with Crippen LogP contribution in [0.15, 0.2) is 35.2 Å². The predicted molar refractivity (Wildman–Crippen MR) is 87.2 cm³/mol. The number of nitrogen functional groups attached to an aromatic ring is 1. The molecule has 0 bridgehead atoms. The zero-order valence-electron chi connectivity index (χ0n) is 12.2. The van der Waals surface area contributed by atoms with Crippen LogP contribution in [0.2, 0.25) is 0 Å². The van der Waals surface area contributed by atoms with Crippen molar-refractivity contribution in [2.24, 2.45) is 0 Å². The Morgan fingerprint density at radius 3 is 2.68 bits per heavy atom. The lowest BCUT2D eigenvalue weighted by Crippen LogP contribution is -2.10. The Kier molecular flexibility index (Phi) is 4.03. The minimum Gasteiger partial charge on any atom is -0.465 e. The Morgan fingerprint density at radius 2 is 2.04 bits per heavy atom. The second-order valence-corrected chi connectivity index (χ2v) is 5.73. The van der Waals surface area contributed by atoms with Gasteiger partial charge in [-0.3, -0.25) is 9.72 Å². The summed E-state index contributed by atoms with van der Waals surface area (Å²) >= 11 is 3.20. The first kappa shape index (κ1) is 17.0. The Balaban J connectivity index is 2.11. The maximum absolute atomic E-state index is 13.0. The molecule has 0 aliphatic carbocycles. The number of imidazole rings is 1.